The first-order chi connectivity index (χ1) is 10.2. The van der Waals surface area contributed by atoms with Gasteiger partial charge in [0.05, 0.1) is 18.1 Å². The predicted octanol–water partition coefficient (Wildman–Crippen LogP) is 3.80. The van der Waals surface area contributed by atoms with Crippen LogP contribution in [0.2, 0.25) is 0 Å². The summed E-state index contributed by atoms with van der Waals surface area (Å²) < 4.78 is 5.80. The topological polar surface area (TPSA) is 47.0 Å². The van der Waals surface area contributed by atoms with E-state index in [4.69, 9.17) is 4.74 Å². The SMILES string of the molecule is C/C=C/c1ccccc1Oc1cnc(CNC(C)C)cn1. The molecule has 2 rings (SSSR count). The Bertz CT molecular complexity index is 591. The van der Waals surface area contributed by atoms with Gasteiger partial charge in [-0.3, -0.25) is 4.98 Å². The molecule has 2 aromatic rings. The Morgan fingerprint density at radius 3 is 2.67 bits per heavy atom. The number of allylic oxidation sites excluding steroid dienone is 1. The van der Waals surface area contributed by atoms with E-state index in [1.54, 1.807) is 12.4 Å². The molecule has 4 heteroatoms. The molecule has 0 bridgehead atoms. The molecule has 0 aliphatic heterocycles. The molecule has 1 aromatic carbocycles. The van der Waals surface area contributed by atoms with Crippen molar-refractivity contribution in [2.75, 3.05) is 0 Å². The van der Waals surface area contributed by atoms with E-state index in [-0.39, 0.29) is 0 Å². The first-order valence-corrected chi connectivity index (χ1v) is 7.13. The number of nitrogens with one attached hydrogen (secondary N) is 1. The van der Waals surface area contributed by atoms with E-state index in [1.165, 1.54) is 0 Å². The van der Waals surface area contributed by atoms with Gasteiger partial charge >= 0.3 is 0 Å². The zero-order valence-electron chi connectivity index (χ0n) is 12.7. The second-order valence-corrected chi connectivity index (χ2v) is 5.02. The molecule has 4 nitrogen and oxygen atoms in total. The molecular weight excluding hydrogens is 262 g/mol. The van der Waals surface area contributed by atoms with Crippen LogP contribution in [0.3, 0.4) is 0 Å². The maximum Gasteiger partial charge on any atom is 0.237 e. The molecule has 0 fully saturated rings. The van der Waals surface area contributed by atoms with Crippen LogP contribution in [0.5, 0.6) is 11.6 Å². The Labute approximate surface area is 125 Å². The first-order valence-electron chi connectivity index (χ1n) is 7.13. The van der Waals surface area contributed by atoms with E-state index in [2.05, 4.69) is 29.1 Å². The lowest BCUT2D eigenvalue weighted by molar-refractivity contribution is 0.457. The summed E-state index contributed by atoms with van der Waals surface area (Å²) in [5.41, 5.74) is 1.92. The molecule has 0 spiro atoms. The van der Waals surface area contributed by atoms with Crippen LogP contribution in [0.1, 0.15) is 32.0 Å². The zero-order valence-corrected chi connectivity index (χ0v) is 12.7. The third kappa shape index (κ3) is 4.68. The van der Waals surface area contributed by atoms with Gasteiger partial charge in [-0.25, -0.2) is 4.98 Å². The van der Waals surface area contributed by atoms with Crippen LogP contribution < -0.4 is 10.1 Å². The van der Waals surface area contributed by atoms with Crippen LogP contribution in [0.4, 0.5) is 0 Å². The Hall–Kier alpha value is -2.20. The molecule has 21 heavy (non-hydrogen) atoms. The third-order valence-corrected chi connectivity index (χ3v) is 2.85. The minimum absolute atomic E-state index is 0.426. The van der Waals surface area contributed by atoms with Crippen molar-refractivity contribution in [1.82, 2.24) is 15.3 Å². The number of benzene rings is 1. The summed E-state index contributed by atoms with van der Waals surface area (Å²) >= 11 is 0. The number of ether oxygens (including phenoxy) is 1. The van der Waals surface area contributed by atoms with Crippen molar-refractivity contribution in [2.24, 2.45) is 0 Å². The summed E-state index contributed by atoms with van der Waals surface area (Å²) in [7, 11) is 0. The Balaban J connectivity index is 2.07. The van der Waals surface area contributed by atoms with Crippen molar-refractivity contribution in [2.45, 2.75) is 33.4 Å². The molecule has 0 saturated heterocycles. The fourth-order valence-electron chi connectivity index (χ4n) is 1.80. The summed E-state index contributed by atoms with van der Waals surface area (Å²) in [6.07, 6.45) is 7.38. The molecule has 0 radical (unpaired) electrons. The van der Waals surface area contributed by atoms with Crippen molar-refractivity contribution in [3.05, 3.63) is 54.0 Å². The number of aromatic nitrogens is 2. The molecule has 110 valence electrons. The molecule has 0 atom stereocenters. The lowest BCUT2D eigenvalue weighted by atomic mass is 10.2. The smallest absolute Gasteiger partial charge is 0.237 e. The molecule has 1 heterocycles. The van der Waals surface area contributed by atoms with Crippen molar-refractivity contribution in [3.8, 4) is 11.6 Å². The number of rotatable bonds is 6. The van der Waals surface area contributed by atoms with Gasteiger partial charge < -0.3 is 10.1 Å². The summed E-state index contributed by atoms with van der Waals surface area (Å²) in [6.45, 7) is 6.89. The van der Waals surface area contributed by atoms with Crippen LogP contribution in [0.15, 0.2) is 42.7 Å². The highest BCUT2D eigenvalue weighted by Crippen LogP contribution is 2.24. The minimum atomic E-state index is 0.426. The van der Waals surface area contributed by atoms with Gasteiger partial charge in [0.25, 0.3) is 0 Å². The Kier molecular flexibility index (Phi) is 5.46. The van der Waals surface area contributed by atoms with Gasteiger partial charge in [-0.1, -0.05) is 44.2 Å². The third-order valence-electron chi connectivity index (χ3n) is 2.85. The van der Waals surface area contributed by atoms with Crippen molar-refractivity contribution >= 4 is 6.08 Å². The average molecular weight is 283 g/mol. The quantitative estimate of drug-likeness (QED) is 0.876. The van der Waals surface area contributed by atoms with E-state index >= 15 is 0 Å². The van der Waals surface area contributed by atoms with Crippen molar-refractivity contribution in [1.29, 1.82) is 0 Å². The summed E-state index contributed by atoms with van der Waals surface area (Å²) in [5, 5.41) is 3.30. The zero-order chi connectivity index (χ0) is 15.1. The monoisotopic (exact) mass is 283 g/mol. The number of hydrogen-bond acceptors (Lipinski definition) is 4. The van der Waals surface area contributed by atoms with Gasteiger partial charge in [0.15, 0.2) is 0 Å². The summed E-state index contributed by atoms with van der Waals surface area (Å²) in [4.78, 5) is 8.66. The molecular formula is C17H21N3O. The summed E-state index contributed by atoms with van der Waals surface area (Å²) in [5.74, 6) is 1.28. The number of nitrogens with zero attached hydrogens (tertiary/aromatic N) is 2. The van der Waals surface area contributed by atoms with Gasteiger partial charge in [-0.2, -0.15) is 0 Å². The lowest BCUT2D eigenvalue weighted by Crippen LogP contribution is -2.22. The van der Waals surface area contributed by atoms with Crippen molar-refractivity contribution in [3.63, 3.8) is 0 Å². The van der Waals surface area contributed by atoms with Gasteiger partial charge in [0, 0.05) is 18.2 Å². The van der Waals surface area contributed by atoms with Crippen LogP contribution in [-0.2, 0) is 6.54 Å². The molecule has 0 saturated carbocycles. The van der Waals surface area contributed by atoms with Crippen LogP contribution in [0.25, 0.3) is 6.08 Å². The van der Waals surface area contributed by atoms with Crippen LogP contribution in [-0.4, -0.2) is 16.0 Å². The summed E-state index contributed by atoms with van der Waals surface area (Å²) in [6, 6.07) is 8.27. The van der Waals surface area contributed by atoms with Gasteiger partial charge in [0.2, 0.25) is 5.88 Å². The highest BCUT2D eigenvalue weighted by atomic mass is 16.5. The molecule has 0 aliphatic carbocycles. The fourth-order valence-corrected chi connectivity index (χ4v) is 1.80. The lowest BCUT2D eigenvalue weighted by Gasteiger charge is -2.09. The molecule has 0 aliphatic rings. The number of para-hydroxylation sites is 1. The van der Waals surface area contributed by atoms with Gasteiger partial charge in [-0.05, 0) is 13.0 Å². The molecule has 1 N–H and O–H groups in total. The highest BCUT2D eigenvalue weighted by molar-refractivity contribution is 5.57. The largest absolute Gasteiger partial charge is 0.437 e. The molecule has 0 unspecified atom stereocenters. The standard InChI is InChI=1S/C17H21N3O/c1-4-7-14-8-5-6-9-16(14)21-17-12-19-15(11-20-17)10-18-13(2)3/h4-9,11-13,18H,10H2,1-3H3/b7-4+. The predicted molar refractivity (Wildman–Crippen MR) is 85.2 cm³/mol. The second kappa shape index (κ2) is 7.55. The maximum absolute atomic E-state index is 5.80. The van der Waals surface area contributed by atoms with E-state index in [0.29, 0.717) is 18.5 Å². The van der Waals surface area contributed by atoms with Crippen molar-refractivity contribution < 1.29 is 4.74 Å². The van der Waals surface area contributed by atoms with Gasteiger partial charge in [-0.15, -0.1) is 0 Å². The minimum Gasteiger partial charge on any atom is -0.437 e. The molecule has 1 aromatic heterocycles. The van der Waals surface area contributed by atoms with E-state index in [1.807, 2.05) is 43.3 Å². The van der Waals surface area contributed by atoms with Crippen LogP contribution >= 0.6 is 0 Å². The second-order valence-electron chi connectivity index (χ2n) is 5.02. The first kappa shape index (κ1) is 15.2. The van der Waals surface area contributed by atoms with E-state index < -0.39 is 0 Å². The fraction of sp³-hybridized carbons (Fsp3) is 0.294. The highest BCUT2D eigenvalue weighted by Gasteiger charge is 2.04. The number of hydrogen-bond donors (Lipinski definition) is 1. The maximum atomic E-state index is 5.80. The Morgan fingerprint density at radius 2 is 2.00 bits per heavy atom. The average Bonchev–Trinajstić information content (AvgIpc) is 2.49. The van der Waals surface area contributed by atoms with E-state index in [9.17, 15) is 0 Å². The molecule has 0 amide bonds. The van der Waals surface area contributed by atoms with Gasteiger partial charge in [0.1, 0.15) is 5.75 Å². The van der Waals surface area contributed by atoms with E-state index in [0.717, 1.165) is 17.0 Å². The normalized spacial score (nSPS) is 11.2. The Morgan fingerprint density at radius 1 is 1.19 bits per heavy atom. The van der Waals surface area contributed by atoms with Crippen LogP contribution in [0, 0.1) is 0 Å².